The number of carbonyl (C=O) groups is 1. The number of ether oxygens (including phenoxy) is 4. The Morgan fingerprint density at radius 3 is 2.71 bits per heavy atom. The van der Waals surface area contributed by atoms with Gasteiger partial charge in [-0.25, -0.2) is 0 Å². The number of anilines is 1. The van der Waals surface area contributed by atoms with Crippen LogP contribution in [0.25, 0.3) is 10.9 Å². The summed E-state index contributed by atoms with van der Waals surface area (Å²) < 4.78 is 24.5. The van der Waals surface area contributed by atoms with Crippen molar-refractivity contribution in [1.82, 2.24) is 4.57 Å². The lowest BCUT2D eigenvalue weighted by atomic mass is 10.1. The summed E-state index contributed by atoms with van der Waals surface area (Å²) in [6, 6.07) is 13.0. The van der Waals surface area contributed by atoms with Crippen LogP contribution in [-0.4, -0.2) is 44.0 Å². The average molecular weight is 424 g/mol. The number of aromatic nitrogens is 1. The Labute approximate surface area is 181 Å². The van der Waals surface area contributed by atoms with E-state index in [-0.39, 0.29) is 12.0 Å². The van der Waals surface area contributed by atoms with Crippen LogP contribution < -0.4 is 19.5 Å². The minimum Gasteiger partial charge on any atom is -0.493 e. The third-order valence-electron chi connectivity index (χ3n) is 5.63. The molecule has 1 fully saturated rings. The molecule has 7 heteroatoms. The number of hydrogen-bond donors (Lipinski definition) is 1. The third kappa shape index (κ3) is 4.32. The maximum atomic E-state index is 13.1. The number of methoxy groups -OCH3 is 2. The summed E-state index contributed by atoms with van der Waals surface area (Å²) in [5.74, 6) is 1.62. The number of nitrogens with one attached hydrogen (secondary N) is 1. The Morgan fingerprint density at radius 1 is 1.13 bits per heavy atom. The zero-order chi connectivity index (χ0) is 21.8. The van der Waals surface area contributed by atoms with E-state index in [4.69, 9.17) is 18.9 Å². The van der Waals surface area contributed by atoms with Gasteiger partial charge in [-0.15, -0.1) is 0 Å². The van der Waals surface area contributed by atoms with Gasteiger partial charge in [0.25, 0.3) is 5.91 Å². The summed E-state index contributed by atoms with van der Waals surface area (Å²) in [6.45, 7) is 1.25. The highest BCUT2D eigenvalue weighted by molar-refractivity contribution is 6.08. The lowest BCUT2D eigenvalue weighted by Gasteiger charge is -2.23. The molecule has 31 heavy (non-hydrogen) atoms. The van der Waals surface area contributed by atoms with E-state index < -0.39 is 0 Å². The largest absolute Gasteiger partial charge is 0.493 e. The molecule has 0 saturated carbocycles. The Kier molecular flexibility index (Phi) is 6.32. The molecule has 3 aromatic rings. The average Bonchev–Trinajstić information content (AvgIpc) is 3.15. The van der Waals surface area contributed by atoms with E-state index in [9.17, 15) is 4.79 Å². The minimum absolute atomic E-state index is 0.0955. The maximum Gasteiger partial charge on any atom is 0.272 e. The predicted molar refractivity (Wildman–Crippen MR) is 120 cm³/mol. The van der Waals surface area contributed by atoms with Crippen molar-refractivity contribution in [3.63, 3.8) is 0 Å². The fourth-order valence-corrected chi connectivity index (χ4v) is 3.96. The molecule has 1 saturated heterocycles. The Balaban J connectivity index is 1.56. The van der Waals surface area contributed by atoms with E-state index in [1.165, 1.54) is 0 Å². The molecule has 4 rings (SSSR count). The highest BCUT2D eigenvalue weighted by Crippen LogP contribution is 2.37. The number of nitrogens with zero attached hydrogens (tertiary/aromatic N) is 1. The number of carbonyl (C=O) groups excluding carboxylic acids is 1. The summed E-state index contributed by atoms with van der Waals surface area (Å²) in [4.78, 5) is 13.1. The fourth-order valence-electron chi connectivity index (χ4n) is 3.96. The molecule has 164 valence electrons. The van der Waals surface area contributed by atoms with Crippen molar-refractivity contribution in [2.75, 3.05) is 32.8 Å². The van der Waals surface area contributed by atoms with Crippen LogP contribution in [0.15, 0.2) is 42.5 Å². The molecular weight excluding hydrogens is 396 g/mol. The van der Waals surface area contributed by atoms with E-state index in [2.05, 4.69) is 5.32 Å². The summed E-state index contributed by atoms with van der Waals surface area (Å²) in [6.07, 6.45) is 3.35. The van der Waals surface area contributed by atoms with Crippen LogP contribution in [0.3, 0.4) is 0 Å². The van der Waals surface area contributed by atoms with Crippen LogP contribution in [0.4, 0.5) is 5.69 Å². The lowest BCUT2D eigenvalue weighted by molar-refractivity contribution is -0.0109. The molecule has 0 radical (unpaired) electrons. The van der Waals surface area contributed by atoms with Crippen LogP contribution in [0, 0.1) is 0 Å². The van der Waals surface area contributed by atoms with Crippen molar-refractivity contribution in [1.29, 1.82) is 0 Å². The second-order valence-electron chi connectivity index (χ2n) is 7.57. The van der Waals surface area contributed by atoms with Gasteiger partial charge in [-0.2, -0.15) is 0 Å². The first-order chi connectivity index (χ1) is 15.1. The molecule has 1 aliphatic heterocycles. The lowest BCUT2D eigenvalue weighted by Crippen LogP contribution is -2.26. The quantitative estimate of drug-likeness (QED) is 0.609. The number of fused-ring (bicyclic) bond motifs is 1. The molecular formula is C24H28N2O5. The van der Waals surface area contributed by atoms with Gasteiger partial charge in [0.05, 0.1) is 31.5 Å². The first-order valence-corrected chi connectivity index (χ1v) is 10.5. The van der Waals surface area contributed by atoms with E-state index >= 15 is 0 Å². The number of aryl methyl sites for hydroxylation is 1. The van der Waals surface area contributed by atoms with Crippen LogP contribution in [0.1, 0.15) is 29.8 Å². The van der Waals surface area contributed by atoms with Gasteiger partial charge in [-0.3, -0.25) is 4.79 Å². The summed E-state index contributed by atoms with van der Waals surface area (Å²) >= 11 is 0. The van der Waals surface area contributed by atoms with Crippen molar-refractivity contribution in [3.05, 3.63) is 48.2 Å². The minimum atomic E-state index is -0.232. The van der Waals surface area contributed by atoms with Gasteiger partial charge in [0, 0.05) is 19.0 Å². The van der Waals surface area contributed by atoms with Crippen LogP contribution in [-0.2, 0) is 11.8 Å². The molecule has 7 nitrogen and oxygen atoms in total. The normalized spacial score (nSPS) is 16.2. The molecule has 1 aromatic heterocycles. The van der Waals surface area contributed by atoms with E-state index in [0.29, 0.717) is 35.2 Å². The van der Waals surface area contributed by atoms with E-state index in [1.807, 2.05) is 54.1 Å². The number of para-hydroxylation sites is 2. The summed E-state index contributed by atoms with van der Waals surface area (Å²) in [5.41, 5.74) is 2.01. The summed E-state index contributed by atoms with van der Waals surface area (Å²) in [7, 11) is 5.04. The number of amides is 1. The zero-order valence-electron chi connectivity index (χ0n) is 18.1. The SMILES string of the molecule is COc1ccc2c(cc(C(=O)Nc3ccccc3OC[C@@H]3CCCCO3)n2C)c1OC. The second-order valence-corrected chi connectivity index (χ2v) is 7.57. The van der Waals surface area contributed by atoms with Crippen molar-refractivity contribution >= 4 is 22.5 Å². The van der Waals surface area contributed by atoms with Gasteiger partial charge in [-0.1, -0.05) is 12.1 Å². The third-order valence-corrected chi connectivity index (χ3v) is 5.63. The predicted octanol–water partition coefficient (Wildman–Crippen LogP) is 4.40. The van der Waals surface area contributed by atoms with Crippen LogP contribution in [0.5, 0.6) is 17.2 Å². The molecule has 2 heterocycles. The van der Waals surface area contributed by atoms with Gasteiger partial charge >= 0.3 is 0 Å². The van der Waals surface area contributed by atoms with Crippen molar-refractivity contribution in [2.24, 2.45) is 7.05 Å². The topological polar surface area (TPSA) is 71.0 Å². The molecule has 0 spiro atoms. The van der Waals surface area contributed by atoms with Crippen LogP contribution >= 0.6 is 0 Å². The molecule has 1 atom stereocenters. The smallest absolute Gasteiger partial charge is 0.272 e. The standard InChI is InChI=1S/C24H28N2O5/c1-26-19-11-12-22(28-2)23(29-3)17(19)14-20(26)24(27)25-18-9-4-5-10-21(18)31-15-16-8-6-7-13-30-16/h4-5,9-12,14,16H,6-8,13,15H2,1-3H3,(H,25,27)/t16-/m0/s1. The number of rotatable bonds is 7. The Morgan fingerprint density at radius 2 is 1.97 bits per heavy atom. The van der Waals surface area contributed by atoms with Gasteiger partial charge < -0.3 is 28.8 Å². The molecule has 1 amide bonds. The van der Waals surface area contributed by atoms with Gasteiger partial charge in [-0.05, 0) is 49.6 Å². The van der Waals surface area contributed by atoms with Gasteiger partial charge in [0.15, 0.2) is 11.5 Å². The first-order valence-electron chi connectivity index (χ1n) is 10.5. The zero-order valence-corrected chi connectivity index (χ0v) is 18.1. The molecule has 0 aliphatic carbocycles. The highest BCUT2D eigenvalue weighted by Gasteiger charge is 2.20. The Bertz CT molecular complexity index is 1070. The van der Waals surface area contributed by atoms with Gasteiger partial charge in [0.2, 0.25) is 0 Å². The second kappa shape index (κ2) is 9.31. The maximum absolute atomic E-state index is 13.1. The van der Waals surface area contributed by atoms with Gasteiger partial charge in [0.1, 0.15) is 18.1 Å². The fraction of sp³-hybridized carbons (Fsp3) is 0.375. The number of benzene rings is 2. The monoisotopic (exact) mass is 424 g/mol. The molecule has 1 N–H and O–H groups in total. The van der Waals surface area contributed by atoms with E-state index in [1.54, 1.807) is 14.2 Å². The molecule has 1 aliphatic rings. The molecule has 0 unspecified atom stereocenters. The Hall–Kier alpha value is -3.19. The molecule has 2 aromatic carbocycles. The van der Waals surface area contributed by atoms with Crippen molar-refractivity contribution < 1.29 is 23.7 Å². The van der Waals surface area contributed by atoms with Crippen molar-refractivity contribution in [2.45, 2.75) is 25.4 Å². The first kappa shape index (κ1) is 21.1. The molecule has 0 bridgehead atoms. The highest BCUT2D eigenvalue weighted by atomic mass is 16.5. The summed E-state index contributed by atoms with van der Waals surface area (Å²) in [5, 5.41) is 3.80. The number of hydrogen-bond acceptors (Lipinski definition) is 5. The van der Waals surface area contributed by atoms with Crippen LogP contribution in [0.2, 0.25) is 0 Å². The van der Waals surface area contributed by atoms with E-state index in [0.717, 1.165) is 36.8 Å². The van der Waals surface area contributed by atoms with Crippen molar-refractivity contribution in [3.8, 4) is 17.2 Å².